The highest BCUT2D eigenvalue weighted by molar-refractivity contribution is 5.95. The van der Waals surface area contributed by atoms with E-state index in [-0.39, 0.29) is 24.5 Å². The minimum atomic E-state index is -0.433. The van der Waals surface area contributed by atoms with Crippen molar-refractivity contribution in [2.24, 2.45) is 22.6 Å². The van der Waals surface area contributed by atoms with Crippen molar-refractivity contribution in [3.63, 3.8) is 0 Å². The number of aliphatic hydroxyl groups is 1. The first-order valence-corrected chi connectivity index (χ1v) is 9.37. The number of aliphatic imine (C=N–C) groups is 1. The van der Waals surface area contributed by atoms with Crippen LogP contribution in [-0.4, -0.2) is 54.0 Å². The maximum atomic E-state index is 11.2. The molecule has 0 aromatic carbocycles. The number of primary amides is 1. The molecule has 8 heteroatoms. The fourth-order valence-electron chi connectivity index (χ4n) is 3.31. The van der Waals surface area contributed by atoms with Crippen molar-refractivity contribution >= 4 is 11.7 Å². The Labute approximate surface area is 159 Å². The summed E-state index contributed by atoms with van der Waals surface area (Å²) in [6, 6.07) is 0. The molecule has 0 saturated carbocycles. The summed E-state index contributed by atoms with van der Waals surface area (Å²) < 4.78 is 0. The van der Waals surface area contributed by atoms with E-state index in [1.54, 1.807) is 6.20 Å². The molecule has 6 N–H and O–H groups in total. The predicted octanol–water partition coefficient (Wildman–Crippen LogP) is -0.273. The number of nitrogens with two attached hydrogens (primary N) is 1. The Bertz CT molecular complexity index is 745. The fourth-order valence-corrected chi connectivity index (χ4v) is 3.31. The monoisotopic (exact) mass is 372 g/mol. The second-order valence-corrected chi connectivity index (χ2v) is 7.29. The van der Waals surface area contributed by atoms with E-state index < -0.39 is 5.91 Å². The summed E-state index contributed by atoms with van der Waals surface area (Å²) in [6.07, 6.45) is 6.12. The Morgan fingerprint density at radius 1 is 1.52 bits per heavy atom. The quantitative estimate of drug-likeness (QED) is 0.410. The second kappa shape index (κ2) is 8.43. The number of hydrogen-bond donors (Lipinski definition) is 5. The van der Waals surface area contributed by atoms with Gasteiger partial charge >= 0.3 is 0 Å². The van der Waals surface area contributed by atoms with E-state index in [4.69, 9.17) is 10.7 Å². The minimum absolute atomic E-state index is 0.0322. The molecule has 3 heterocycles. The number of β-amino-alcohol motifs (C(OH)–C–C–N with tert-alkyl or cyclic N) is 1. The number of nitrogens with one attached hydrogen (secondary N) is 3. The molecule has 0 bridgehead atoms. The summed E-state index contributed by atoms with van der Waals surface area (Å²) in [5.41, 5.74) is 9.48. The Balaban J connectivity index is 1.82. The Hall–Kier alpha value is -2.54. The molecule has 0 aromatic heterocycles. The zero-order valence-corrected chi connectivity index (χ0v) is 15.8. The third kappa shape index (κ3) is 4.60. The highest BCUT2D eigenvalue weighted by atomic mass is 16.3. The van der Waals surface area contributed by atoms with E-state index in [2.05, 4.69) is 35.5 Å². The predicted molar refractivity (Wildman–Crippen MR) is 104 cm³/mol. The molecule has 146 valence electrons. The summed E-state index contributed by atoms with van der Waals surface area (Å²) in [5, 5.41) is 19.8. The molecule has 1 fully saturated rings. The van der Waals surface area contributed by atoms with Gasteiger partial charge in [0, 0.05) is 30.7 Å². The first-order valence-electron chi connectivity index (χ1n) is 9.37. The van der Waals surface area contributed by atoms with Gasteiger partial charge in [-0.15, -0.1) is 5.73 Å². The molecular formula is C19H28N6O2. The van der Waals surface area contributed by atoms with Crippen LogP contribution < -0.4 is 21.7 Å². The molecule has 0 spiro atoms. The van der Waals surface area contributed by atoms with Crippen molar-refractivity contribution in [2.45, 2.75) is 26.4 Å². The first kappa shape index (κ1) is 19.2. The second-order valence-electron chi connectivity index (χ2n) is 7.29. The largest absolute Gasteiger partial charge is 0.391 e. The van der Waals surface area contributed by atoms with Crippen LogP contribution in [0.3, 0.4) is 0 Å². The van der Waals surface area contributed by atoms with Crippen molar-refractivity contribution in [3.8, 4) is 0 Å². The van der Waals surface area contributed by atoms with Crippen LogP contribution in [0.25, 0.3) is 0 Å². The van der Waals surface area contributed by atoms with E-state index in [0.29, 0.717) is 24.7 Å². The highest BCUT2D eigenvalue weighted by Crippen LogP contribution is 2.28. The van der Waals surface area contributed by atoms with Crippen molar-refractivity contribution in [1.29, 1.82) is 0 Å². The van der Waals surface area contributed by atoms with Crippen LogP contribution in [0.15, 0.2) is 46.3 Å². The standard InChI is InChI=1S/C19H28N6O2/c1-12(2)14-4-3-7-25-18(23-11-16(20)27)8-17(24-19(14)25)22-9-13-5-6-21-10-15(13)26/h4,7-8,12-13,15,21,23,26H,5-6,9-11H2,1-2H3,(H2,20,27)(H,22,24)/t13?,15-/m0/s1. The minimum Gasteiger partial charge on any atom is -0.391 e. The first-order chi connectivity index (χ1) is 13.0. The number of amidine groups is 1. The number of aliphatic hydroxyl groups excluding tert-OH is 1. The van der Waals surface area contributed by atoms with Crippen molar-refractivity contribution in [1.82, 2.24) is 20.9 Å². The Morgan fingerprint density at radius 3 is 3.04 bits per heavy atom. The van der Waals surface area contributed by atoms with Crippen molar-refractivity contribution in [2.75, 3.05) is 26.2 Å². The number of nitrogens with zero attached hydrogens (tertiary/aromatic N) is 2. The molecule has 0 aliphatic carbocycles. The number of allylic oxidation sites excluding steroid dienone is 2. The summed E-state index contributed by atoms with van der Waals surface area (Å²) in [6.45, 7) is 6.40. The highest BCUT2D eigenvalue weighted by Gasteiger charge is 2.26. The van der Waals surface area contributed by atoms with Crippen molar-refractivity contribution < 1.29 is 9.90 Å². The van der Waals surface area contributed by atoms with E-state index in [1.807, 2.05) is 17.1 Å². The van der Waals surface area contributed by atoms with Gasteiger partial charge in [0.05, 0.1) is 18.8 Å². The fraction of sp³-hybridized carbons (Fsp3) is 0.526. The SMILES string of the molecule is CC(C)C1=C2N=C(NCC3CCNC[C@@H]3O)C=C(NCC(N)=O)N2C=C=C1. The van der Waals surface area contributed by atoms with Gasteiger partial charge < -0.3 is 26.8 Å². The third-order valence-corrected chi connectivity index (χ3v) is 4.89. The number of hydrogen-bond acceptors (Lipinski definition) is 7. The number of rotatable bonds is 6. The summed E-state index contributed by atoms with van der Waals surface area (Å²) in [7, 11) is 0. The summed E-state index contributed by atoms with van der Waals surface area (Å²) in [5.74, 6) is 2.22. The van der Waals surface area contributed by atoms with Crippen LogP contribution in [0.4, 0.5) is 0 Å². The van der Waals surface area contributed by atoms with Gasteiger partial charge in [-0.25, -0.2) is 4.99 Å². The molecule has 3 aliphatic heterocycles. The normalized spacial score (nSPS) is 24.5. The molecule has 1 saturated heterocycles. The average molecular weight is 372 g/mol. The Kier molecular flexibility index (Phi) is 6.01. The lowest BCUT2D eigenvalue weighted by atomic mass is 9.95. The van der Waals surface area contributed by atoms with Gasteiger partial charge in [-0.2, -0.15) is 0 Å². The van der Waals surface area contributed by atoms with Crippen molar-refractivity contribution in [3.05, 3.63) is 41.3 Å². The van der Waals surface area contributed by atoms with Gasteiger partial charge in [0.25, 0.3) is 0 Å². The van der Waals surface area contributed by atoms with Crippen LogP contribution in [0, 0.1) is 11.8 Å². The number of amides is 1. The number of carbonyl (C=O) groups excluding carboxylic acids is 1. The number of piperidine rings is 1. The van der Waals surface area contributed by atoms with Crippen LogP contribution in [0.2, 0.25) is 0 Å². The molecule has 1 unspecified atom stereocenters. The summed E-state index contributed by atoms with van der Waals surface area (Å²) in [4.78, 5) is 17.9. The maximum Gasteiger partial charge on any atom is 0.236 e. The topological polar surface area (TPSA) is 115 Å². The molecular weight excluding hydrogens is 344 g/mol. The molecule has 0 radical (unpaired) electrons. The molecule has 0 aromatic rings. The Morgan fingerprint density at radius 2 is 2.33 bits per heavy atom. The lowest BCUT2D eigenvalue weighted by Gasteiger charge is -2.33. The molecule has 8 nitrogen and oxygen atoms in total. The van der Waals surface area contributed by atoms with Gasteiger partial charge in [-0.05, 0) is 25.0 Å². The van der Waals surface area contributed by atoms with E-state index in [9.17, 15) is 9.90 Å². The smallest absolute Gasteiger partial charge is 0.236 e. The molecule has 3 aliphatic rings. The molecule has 1 amide bonds. The van der Waals surface area contributed by atoms with Crippen LogP contribution in [0.5, 0.6) is 0 Å². The van der Waals surface area contributed by atoms with E-state index >= 15 is 0 Å². The average Bonchev–Trinajstić information content (AvgIpc) is 2.64. The van der Waals surface area contributed by atoms with Crippen LogP contribution in [-0.2, 0) is 4.79 Å². The van der Waals surface area contributed by atoms with E-state index in [1.165, 1.54) is 0 Å². The zero-order valence-electron chi connectivity index (χ0n) is 15.8. The van der Waals surface area contributed by atoms with Gasteiger partial charge in [0.1, 0.15) is 17.5 Å². The lowest BCUT2D eigenvalue weighted by Crippen LogP contribution is -2.46. The van der Waals surface area contributed by atoms with Gasteiger partial charge in [-0.3, -0.25) is 9.69 Å². The summed E-state index contributed by atoms with van der Waals surface area (Å²) >= 11 is 0. The van der Waals surface area contributed by atoms with Gasteiger partial charge in [-0.1, -0.05) is 13.8 Å². The van der Waals surface area contributed by atoms with Gasteiger partial charge in [0.2, 0.25) is 5.91 Å². The number of carbonyl (C=O) groups is 1. The zero-order chi connectivity index (χ0) is 19.4. The maximum absolute atomic E-state index is 11.2. The van der Waals surface area contributed by atoms with Crippen LogP contribution in [0.1, 0.15) is 20.3 Å². The molecule has 3 rings (SSSR count). The van der Waals surface area contributed by atoms with E-state index in [0.717, 1.165) is 24.4 Å². The third-order valence-electron chi connectivity index (χ3n) is 4.89. The van der Waals surface area contributed by atoms with Crippen LogP contribution >= 0.6 is 0 Å². The lowest BCUT2D eigenvalue weighted by molar-refractivity contribution is -0.117. The number of fused-ring (bicyclic) bond motifs is 1. The molecule has 27 heavy (non-hydrogen) atoms. The molecule has 2 atom stereocenters. The van der Waals surface area contributed by atoms with Gasteiger partial charge in [0.15, 0.2) is 0 Å².